The van der Waals surface area contributed by atoms with Crippen molar-refractivity contribution < 1.29 is 4.39 Å². The van der Waals surface area contributed by atoms with Crippen LogP contribution >= 0.6 is 0 Å². The minimum atomic E-state index is -0.171. The molecule has 0 amide bonds. The number of allylic oxidation sites excluding steroid dienone is 5. The maximum Gasteiger partial charge on any atom is 0.123 e. The van der Waals surface area contributed by atoms with E-state index in [9.17, 15) is 4.39 Å². The maximum absolute atomic E-state index is 12.1. The quantitative estimate of drug-likeness (QED) is 0.565. The van der Waals surface area contributed by atoms with Crippen molar-refractivity contribution in [3.63, 3.8) is 0 Å². The van der Waals surface area contributed by atoms with Crippen molar-refractivity contribution in [2.24, 2.45) is 0 Å². The minimum Gasteiger partial charge on any atom is -0.207 e. The van der Waals surface area contributed by atoms with Crippen LogP contribution in [0.5, 0.6) is 0 Å². The van der Waals surface area contributed by atoms with Crippen LogP contribution in [0, 0.1) is 12.7 Å². The zero-order valence-corrected chi connectivity index (χ0v) is 12.9. The summed E-state index contributed by atoms with van der Waals surface area (Å²) < 4.78 is 12.1. The summed E-state index contributed by atoms with van der Waals surface area (Å²) in [5, 5.41) is 0. The van der Waals surface area contributed by atoms with Crippen LogP contribution in [0.15, 0.2) is 60.7 Å². The fourth-order valence-electron chi connectivity index (χ4n) is 1.08. The Hall–Kier alpha value is -1.63. The molecular formula is C18H27F. The molecule has 0 aliphatic heterocycles. The van der Waals surface area contributed by atoms with Gasteiger partial charge in [0.05, 0.1) is 0 Å². The molecular weight excluding hydrogens is 235 g/mol. The van der Waals surface area contributed by atoms with Gasteiger partial charge in [0.1, 0.15) is 5.82 Å². The molecule has 0 aromatic heterocycles. The largest absolute Gasteiger partial charge is 0.207 e. The Labute approximate surface area is 118 Å². The lowest BCUT2D eigenvalue weighted by atomic mass is 10.2. The van der Waals surface area contributed by atoms with Crippen LogP contribution in [0.3, 0.4) is 0 Å². The van der Waals surface area contributed by atoms with Gasteiger partial charge in [-0.2, -0.15) is 0 Å². The molecule has 0 saturated carbocycles. The van der Waals surface area contributed by atoms with Gasteiger partial charge in [-0.3, -0.25) is 0 Å². The Morgan fingerprint density at radius 2 is 1.74 bits per heavy atom. The second kappa shape index (κ2) is 14.4. The van der Waals surface area contributed by atoms with E-state index in [0.29, 0.717) is 0 Å². The third-order valence-corrected chi connectivity index (χ3v) is 2.01. The molecule has 0 saturated heterocycles. The van der Waals surface area contributed by atoms with Crippen LogP contribution in [0.25, 0.3) is 0 Å². The smallest absolute Gasteiger partial charge is 0.123 e. The van der Waals surface area contributed by atoms with E-state index in [-0.39, 0.29) is 5.82 Å². The number of halogens is 1. The van der Waals surface area contributed by atoms with Crippen LogP contribution < -0.4 is 0 Å². The predicted octanol–water partition coefficient (Wildman–Crippen LogP) is 6.25. The Morgan fingerprint density at radius 3 is 2.11 bits per heavy atom. The SMILES string of the molecule is C=C/C=C(C)\C=C/CC.CC.Cc1ccc(F)cc1. The second-order valence-electron chi connectivity index (χ2n) is 3.75. The number of hydrogen-bond donors (Lipinski definition) is 0. The van der Waals surface area contributed by atoms with E-state index < -0.39 is 0 Å². The zero-order chi connectivity index (χ0) is 15.1. The van der Waals surface area contributed by atoms with E-state index in [4.69, 9.17) is 0 Å². The molecule has 0 aliphatic carbocycles. The molecule has 0 spiro atoms. The van der Waals surface area contributed by atoms with Crippen LogP contribution in [0.4, 0.5) is 4.39 Å². The summed E-state index contributed by atoms with van der Waals surface area (Å²) in [4.78, 5) is 0. The van der Waals surface area contributed by atoms with Crippen molar-refractivity contribution in [3.8, 4) is 0 Å². The molecule has 0 nitrogen and oxygen atoms in total. The first kappa shape index (κ1) is 19.7. The Bertz CT molecular complexity index is 348. The lowest BCUT2D eigenvalue weighted by Gasteiger charge is -1.87. The first-order valence-corrected chi connectivity index (χ1v) is 6.78. The molecule has 0 fully saturated rings. The van der Waals surface area contributed by atoms with E-state index in [0.717, 1.165) is 12.0 Å². The summed E-state index contributed by atoms with van der Waals surface area (Å²) >= 11 is 0. The first-order chi connectivity index (χ1) is 9.10. The Balaban J connectivity index is 0. The van der Waals surface area contributed by atoms with Crippen molar-refractivity contribution >= 4 is 0 Å². The molecule has 0 heterocycles. The third-order valence-electron chi connectivity index (χ3n) is 2.01. The minimum absolute atomic E-state index is 0.171. The third kappa shape index (κ3) is 14.3. The molecule has 1 heteroatoms. The highest BCUT2D eigenvalue weighted by Crippen LogP contribution is 1.99. The lowest BCUT2D eigenvalue weighted by molar-refractivity contribution is 0.627. The standard InChI is InChI=1S/C9H14.C7H7F.C2H6/c1-4-6-8-9(3)7-5-2;1-6-2-4-7(8)5-3-6;1-2/h5-8H,2,4H2,1,3H3;2-5H,1H3;1-2H3/b8-6-,9-7-;;. The normalized spacial score (nSPS) is 10.1. The molecule has 0 radical (unpaired) electrons. The fraction of sp³-hybridized carbons (Fsp3) is 0.333. The van der Waals surface area contributed by atoms with Crippen molar-refractivity contribution in [2.75, 3.05) is 0 Å². The van der Waals surface area contributed by atoms with Gasteiger partial charge in [-0.15, -0.1) is 0 Å². The van der Waals surface area contributed by atoms with E-state index in [1.807, 2.05) is 26.8 Å². The Morgan fingerprint density at radius 1 is 1.21 bits per heavy atom. The maximum atomic E-state index is 12.1. The summed E-state index contributed by atoms with van der Waals surface area (Å²) in [6.45, 7) is 13.7. The molecule has 0 N–H and O–H groups in total. The van der Waals surface area contributed by atoms with Crippen LogP contribution in [-0.2, 0) is 0 Å². The molecule has 0 unspecified atom stereocenters. The van der Waals surface area contributed by atoms with Gasteiger partial charge < -0.3 is 0 Å². The van der Waals surface area contributed by atoms with Gasteiger partial charge in [0, 0.05) is 0 Å². The number of benzene rings is 1. The summed E-state index contributed by atoms with van der Waals surface area (Å²) in [5.74, 6) is -0.171. The van der Waals surface area contributed by atoms with Crippen molar-refractivity contribution in [1.82, 2.24) is 0 Å². The lowest BCUT2D eigenvalue weighted by Crippen LogP contribution is -1.71. The van der Waals surface area contributed by atoms with Gasteiger partial charge in [0.15, 0.2) is 0 Å². The van der Waals surface area contributed by atoms with Crippen LogP contribution in [0.2, 0.25) is 0 Å². The van der Waals surface area contributed by atoms with E-state index >= 15 is 0 Å². The highest BCUT2D eigenvalue weighted by molar-refractivity contribution is 5.20. The molecule has 0 bridgehead atoms. The fourth-order valence-corrected chi connectivity index (χ4v) is 1.08. The summed E-state index contributed by atoms with van der Waals surface area (Å²) in [7, 11) is 0. The topological polar surface area (TPSA) is 0 Å². The van der Waals surface area contributed by atoms with E-state index in [1.54, 1.807) is 18.2 Å². The summed E-state index contributed by atoms with van der Waals surface area (Å²) in [6, 6.07) is 6.40. The van der Waals surface area contributed by atoms with Crippen LogP contribution in [0.1, 0.15) is 39.7 Å². The summed E-state index contributed by atoms with van der Waals surface area (Å²) in [5.41, 5.74) is 2.35. The van der Waals surface area contributed by atoms with Gasteiger partial charge in [0.25, 0.3) is 0 Å². The molecule has 1 aromatic carbocycles. The predicted molar refractivity (Wildman–Crippen MR) is 85.9 cm³/mol. The second-order valence-corrected chi connectivity index (χ2v) is 3.75. The van der Waals surface area contributed by atoms with Crippen molar-refractivity contribution in [1.29, 1.82) is 0 Å². The van der Waals surface area contributed by atoms with Gasteiger partial charge in [-0.25, -0.2) is 4.39 Å². The number of hydrogen-bond acceptors (Lipinski definition) is 0. The average Bonchev–Trinajstić information content (AvgIpc) is 2.43. The molecule has 1 aromatic rings. The molecule has 0 aliphatic rings. The van der Waals surface area contributed by atoms with Crippen molar-refractivity contribution in [3.05, 3.63) is 72.1 Å². The number of aryl methyl sites for hydroxylation is 1. The first-order valence-electron chi connectivity index (χ1n) is 6.78. The van der Waals surface area contributed by atoms with Crippen LogP contribution in [-0.4, -0.2) is 0 Å². The Kier molecular flexibility index (Phi) is 15.0. The van der Waals surface area contributed by atoms with E-state index in [1.165, 1.54) is 17.7 Å². The van der Waals surface area contributed by atoms with Crippen molar-refractivity contribution in [2.45, 2.75) is 41.0 Å². The van der Waals surface area contributed by atoms with E-state index in [2.05, 4.69) is 32.6 Å². The molecule has 1 rings (SSSR count). The molecule has 19 heavy (non-hydrogen) atoms. The summed E-state index contributed by atoms with van der Waals surface area (Å²) in [6.07, 6.45) is 9.13. The zero-order valence-electron chi connectivity index (χ0n) is 12.9. The average molecular weight is 262 g/mol. The van der Waals surface area contributed by atoms with Gasteiger partial charge in [0.2, 0.25) is 0 Å². The van der Waals surface area contributed by atoms with Gasteiger partial charge in [-0.1, -0.05) is 74.9 Å². The highest BCUT2D eigenvalue weighted by Gasteiger charge is 1.83. The highest BCUT2D eigenvalue weighted by atomic mass is 19.1. The van der Waals surface area contributed by atoms with Gasteiger partial charge >= 0.3 is 0 Å². The number of rotatable bonds is 3. The van der Waals surface area contributed by atoms with Gasteiger partial charge in [-0.05, 0) is 32.4 Å². The molecule has 0 atom stereocenters. The molecule has 106 valence electrons. The monoisotopic (exact) mass is 262 g/mol.